The number of carbonyl (C=O) groups excluding carboxylic acids is 2. The van der Waals surface area contributed by atoms with E-state index in [-0.39, 0.29) is 36.7 Å². The third kappa shape index (κ3) is 9.38. The molecule has 4 N–H and O–H groups in total. The van der Waals surface area contributed by atoms with Crippen LogP contribution in [-0.2, 0) is 32.2 Å². The van der Waals surface area contributed by atoms with Crippen molar-refractivity contribution in [3.05, 3.63) is 70.8 Å². The SMILES string of the molecule is CC(=O)NCCCCCC(=O)NCc1ccc([C@H]2O[C@@H](CN3CC[C@H](O)C3)C[C@@H](c3ccc(CO)cc3)O2)cc1. The zero-order valence-corrected chi connectivity index (χ0v) is 23.4. The van der Waals surface area contributed by atoms with E-state index < -0.39 is 6.29 Å². The van der Waals surface area contributed by atoms with Crippen LogP contribution in [0.4, 0.5) is 0 Å². The molecule has 2 aromatic rings. The normalized spacial score (nSPS) is 23.2. The Morgan fingerprint density at radius 2 is 1.68 bits per heavy atom. The number of carbonyl (C=O) groups is 2. The van der Waals surface area contributed by atoms with Gasteiger partial charge in [0, 0.05) is 58.1 Å². The smallest absolute Gasteiger partial charge is 0.220 e. The second-order valence-electron chi connectivity index (χ2n) is 10.9. The molecule has 0 bridgehead atoms. The molecule has 0 radical (unpaired) electrons. The van der Waals surface area contributed by atoms with Crippen LogP contribution in [0.2, 0.25) is 0 Å². The number of amides is 2. The van der Waals surface area contributed by atoms with Crippen LogP contribution in [0, 0.1) is 0 Å². The number of likely N-dealkylation sites (tertiary alicyclic amines) is 1. The number of aliphatic hydroxyl groups is 2. The quantitative estimate of drug-likeness (QED) is 0.281. The van der Waals surface area contributed by atoms with Gasteiger partial charge in [-0.3, -0.25) is 14.5 Å². The number of hydrogen-bond donors (Lipinski definition) is 4. The number of unbranched alkanes of at least 4 members (excludes halogenated alkanes) is 2. The van der Waals surface area contributed by atoms with Crippen molar-refractivity contribution in [2.75, 3.05) is 26.2 Å². The van der Waals surface area contributed by atoms with E-state index in [9.17, 15) is 19.8 Å². The van der Waals surface area contributed by atoms with Crippen molar-refractivity contribution in [2.24, 2.45) is 0 Å². The first kappa shape index (κ1) is 30.1. The van der Waals surface area contributed by atoms with Crippen molar-refractivity contribution >= 4 is 11.8 Å². The molecule has 9 nitrogen and oxygen atoms in total. The molecule has 2 aromatic carbocycles. The highest BCUT2D eigenvalue weighted by Gasteiger charge is 2.34. The zero-order chi connectivity index (χ0) is 28.3. The van der Waals surface area contributed by atoms with Crippen LogP contribution in [0.5, 0.6) is 0 Å². The summed E-state index contributed by atoms with van der Waals surface area (Å²) in [5, 5.41) is 25.1. The maximum atomic E-state index is 12.2. The molecule has 0 aromatic heterocycles. The second-order valence-corrected chi connectivity index (χ2v) is 10.9. The molecule has 0 aliphatic carbocycles. The summed E-state index contributed by atoms with van der Waals surface area (Å²) < 4.78 is 12.8. The van der Waals surface area contributed by atoms with Gasteiger partial charge in [-0.15, -0.1) is 0 Å². The van der Waals surface area contributed by atoms with Crippen LogP contribution >= 0.6 is 0 Å². The average molecular weight is 554 g/mol. The molecular weight excluding hydrogens is 510 g/mol. The summed E-state index contributed by atoms with van der Waals surface area (Å²) in [4.78, 5) is 25.4. The lowest BCUT2D eigenvalue weighted by Gasteiger charge is -2.37. The Bertz CT molecular complexity index is 1080. The summed E-state index contributed by atoms with van der Waals surface area (Å²) >= 11 is 0. The zero-order valence-electron chi connectivity index (χ0n) is 23.4. The van der Waals surface area contributed by atoms with E-state index in [0.29, 0.717) is 32.5 Å². The summed E-state index contributed by atoms with van der Waals surface area (Å²) in [5.74, 6) is -0.00570. The van der Waals surface area contributed by atoms with Crippen LogP contribution in [0.3, 0.4) is 0 Å². The molecule has 2 fully saturated rings. The largest absolute Gasteiger partial charge is 0.392 e. The minimum atomic E-state index is -0.532. The lowest BCUT2D eigenvalue weighted by Crippen LogP contribution is -2.38. The van der Waals surface area contributed by atoms with Gasteiger partial charge < -0.3 is 30.3 Å². The van der Waals surface area contributed by atoms with Gasteiger partial charge in [-0.1, -0.05) is 55.0 Å². The first-order valence-corrected chi connectivity index (χ1v) is 14.4. The van der Waals surface area contributed by atoms with Gasteiger partial charge in [0.15, 0.2) is 6.29 Å². The predicted molar refractivity (Wildman–Crippen MR) is 151 cm³/mol. The standard InChI is InChI=1S/C31H43N3O6/c1-22(36)32-15-4-2-3-5-30(38)33-18-23-6-12-26(13-7-23)31-39-28(20-34-16-14-27(37)19-34)17-29(40-31)25-10-8-24(21-35)9-11-25/h6-13,27-29,31,35,37H,2-5,14-21H2,1H3,(H,32,36)(H,33,38)/t27-,28+,29-,31-/m0/s1. The summed E-state index contributed by atoms with van der Waals surface area (Å²) in [7, 11) is 0. The van der Waals surface area contributed by atoms with Gasteiger partial charge in [0.05, 0.1) is 24.9 Å². The molecule has 4 rings (SSSR count). The Kier molecular flexibility index (Phi) is 11.5. The summed E-state index contributed by atoms with van der Waals surface area (Å²) in [6, 6.07) is 15.8. The Morgan fingerprint density at radius 1 is 0.950 bits per heavy atom. The molecule has 2 aliphatic rings. The highest BCUT2D eigenvalue weighted by atomic mass is 16.7. The number of nitrogens with zero attached hydrogens (tertiary/aromatic N) is 1. The van der Waals surface area contributed by atoms with Gasteiger partial charge in [-0.2, -0.15) is 0 Å². The van der Waals surface area contributed by atoms with Gasteiger partial charge >= 0.3 is 0 Å². The Morgan fingerprint density at radius 3 is 2.35 bits per heavy atom. The number of rotatable bonds is 13. The molecule has 40 heavy (non-hydrogen) atoms. The third-order valence-corrected chi connectivity index (χ3v) is 7.52. The molecule has 0 saturated carbocycles. The molecule has 4 atom stereocenters. The lowest BCUT2D eigenvalue weighted by atomic mass is 9.99. The monoisotopic (exact) mass is 553 g/mol. The van der Waals surface area contributed by atoms with Gasteiger partial charge in [-0.25, -0.2) is 0 Å². The highest BCUT2D eigenvalue weighted by Crippen LogP contribution is 2.38. The van der Waals surface area contributed by atoms with Crippen LogP contribution < -0.4 is 10.6 Å². The number of nitrogens with one attached hydrogen (secondary N) is 2. The molecule has 0 unspecified atom stereocenters. The van der Waals surface area contributed by atoms with E-state index in [1.54, 1.807) is 0 Å². The van der Waals surface area contributed by atoms with Crippen molar-refractivity contribution < 1.29 is 29.3 Å². The van der Waals surface area contributed by atoms with E-state index in [4.69, 9.17) is 9.47 Å². The minimum Gasteiger partial charge on any atom is -0.392 e. The van der Waals surface area contributed by atoms with Gasteiger partial charge in [0.2, 0.25) is 11.8 Å². The Hall–Kier alpha value is -2.82. The van der Waals surface area contributed by atoms with Crippen molar-refractivity contribution in [1.29, 1.82) is 0 Å². The summed E-state index contributed by atoms with van der Waals surface area (Å²) in [5.41, 5.74) is 3.82. The van der Waals surface area contributed by atoms with Gasteiger partial charge in [0.1, 0.15) is 0 Å². The number of ether oxygens (including phenoxy) is 2. The third-order valence-electron chi connectivity index (χ3n) is 7.52. The van der Waals surface area contributed by atoms with E-state index in [1.165, 1.54) is 6.92 Å². The van der Waals surface area contributed by atoms with Crippen molar-refractivity contribution in [2.45, 2.75) is 83.2 Å². The molecule has 0 spiro atoms. The topological polar surface area (TPSA) is 120 Å². The van der Waals surface area contributed by atoms with Crippen molar-refractivity contribution in [3.63, 3.8) is 0 Å². The first-order valence-electron chi connectivity index (χ1n) is 14.4. The van der Waals surface area contributed by atoms with E-state index in [0.717, 1.165) is 61.0 Å². The molecule has 218 valence electrons. The molecule has 9 heteroatoms. The molecule has 2 amide bonds. The number of benzene rings is 2. The number of β-amino-alcohol motifs (C(OH)–C–C–N with tert-alkyl or cyclic N) is 1. The predicted octanol–water partition coefficient (Wildman–Crippen LogP) is 3.10. The van der Waals surface area contributed by atoms with E-state index in [1.807, 2.05) is 48.5 Å². The Balaban J connectivity index is 1.31. The Labute approximate surface area is 236 Å². The fourth-order valence-corrected chi connectivity index (χ4v) is 5.23. The van der Waals surface area contributed by atoms with Crippen LogP contribution in [0.1, 0.15) is 80.1 Å². The summed E-state index contributed by atoms with van der Waals surface area (Å²) in [6.45, 7) is 4.88. The second kappa shape index (κ2) is 15.3. The minimum absolute atomic E-state index is 0.00416. The van der Waals surface area contributed by atoms with Crippen molar-refractivity contribution in [1.82, 2.24) is 15.5 Å². The fraction of sp³-hybridized carbons (Fsp3) is 0.548. The van der Waals surface area contributed by atoms with Crippen LogP contribution in [-0.4, -0.2) is 65.3 Å². The van der Waals surface area contributed by atoms with E-state index >= 15 is 0 Å². The van der Waals surface area contributed by atoms with Gasteiger partial charge in [0.25, 0.3) is 0 Å². The highest BCUT2D eigenvalue weighted by molar-refractivity contribution is 5.75. The van der Waals surface area contributed by atoms with Crippen LogP contribution in [0.15, 0.2) is 48.5 Å². The number of aliphatic hydroxyl groups excluding tert-OH is 2. The van der Waals surface area contributed by atoms with E-state index in [2.05, 4.69) is 15.5 Å². The number of hydrogen-bond acceptors (Lipinski definition) is 7. The first-order chi connectivity index (χ1) is 19.4. The summed E-state index contributed by atoms with van der Waals surface area (Å²) in [6.07, 6.45) is 3.51. The van der Waals surface area contributed by atoms with Crippen molar-refractivity contribution in [3.8, 4) is 0 Å². The lowest BCUT2D eigenvalue weighted by molar-refractivity contribution is -0.252. The fourth-order valence-electron chi connectivity index (χ4n) is 5.23. The van der Waals surface area contributed by atoms with Crippen LogP contribution in [0.25, 0.3) is 0 Å². The molecule has 2 saturated heterocycles. The molecule has 2 aliphatic heterocycles. The van der Waals surface area contributed by atoms with Gasteiger partial charge in [-0.05, 0) is 36.0 Å². The maximum absolute atomic E-state index is 12.2. The molecule has 2 heterocycles. The molecular formula is C31H43N3O6. The maximum Gasteiger partial charge on any atom is 0.220 e. The average Bonchev–Trinajstić information content (AvgIpc) is 3.37.